The molecule has 0 aromatic rings. The highest BCUT2D eigenvalue weighted by Crippen LogP contribution is 2.05. The van der Waals surface area contributed by atoms with Gasteiger partial charge in [0, 0.05) is 12.6 Å². The van der Waals surface area contributed by atoms with Gasteiger partial charge in [-0.15, -0.1) is 0 Å². The van der Waals surface area contributed by atoms with Crippen molar-refractivity contribution in [3.8, 4) is 0 Å². The Morgan fingerprint density at radius 3 is 2.25 bits per heavy atom. The molecule has 0 saturated carbocycles. The third-order valence-electron chi connectivity index (χ3n) is 2.03. The van der Waals surface area contributed by atoms with Gasteiger partial charge in [-0.2, -0.15) is 0 Å². The van der Waals surface area contributed by atoms with Gasteiger partial charge >= 0.3 is 0 Å². The van der Waals surface area contributed by atoms with E-state index >= 15 is 0 Å². The van der Waals surface area contributed by atoms with Gasteiger partial charge in [0.1, 0.15) is 0 Å². The summed E-state index contributed by atoms with van der Waals surface area (Å²) in [5, 5.41) is 0. The van der Waals surface area contributed by atoms with Gasteiger partial charge in [-0.05, 0) is 12.8 Å². The molecular weight excluding hydrogens is 148 g/mol. The number of hydrogen-bond acceptors (Lipinski definition) is 2. The van der Waals surface area contributed by atoms with Gasteiger partial charge < -0.3 is 0 Å². The van der Waals surface area contributed by atoms with Gasteiger partial charge in [-0.25, -0.2) is 0 Å². The number of nitrogens with one attached hydrogen (secondary N) is 2. The molecular formula is C10H24N2. The van der Waals surface area contributed by atoms with Crippen molar-refractivity contribution >= 4 is 0 Å². The maximum Gasteiger partial charge on any atom is 0.0212 e. The Balaban J connectivity index is 3.40. The minimum atomic E-state index is 0.676. The fourth-order valence-electron chi connectivity index (χ4n) is 1.33. The van der Waals surface area contributed by atoms with Crippen molar-refractivity contribution in [2.75, 3.05) is 6.54 Å². The average Bonchev–Trinajstić information content (AvgIpc) is 2.10. The Hall–Kier alpha value is -0.0800. The molecule has 0 rings (SSSR count). The van der Waals surface area contributed by atoms with Crippen molar-refractivity contribution < 1.29 is 0 Å². The van der Waals surface area contributed by atoms with Crippen LogP contribution >= 0.6 is 0 Å². The van der Waals surface area contributed by atoms with Crippen LogP contribution in [0.2, 0.25) is 0 Å². The van der Waals surface area contributed by atoms with E-state index in [0.29, 0.717) is 6.04 Å². The zero-order chi connectivity index (χ0) is 9.23. The molecule has 0 spiro atoms. The van der Waals surface area contributed by atoms with Crippen molar-refractivity contribution in [2.45, 2.75) is 58.9 Å². The first-order valence-electron chi connectivity index (χ1n) is 5.33. The van der Waals surface area contributed by atoms with Gasteiger partial charge in [0.2, 0.25) is 0 Å². The van der Waals surface area contributed by atoms with Crippen LogP contribution in [-0.2, 0) is 0 Å². The van der Waals surface area contributed by atoms with Crippen LogP contribution in [-0.4, -0.2) is 12.6 Å². The second-order valence-corrected chi connectivity index (χ2v) is 3.30. The maximum atomic E-state index is 3.36. The molecule has 0 radical (unpaired) electrons. The van der Waals surface area contributed by atoms with Gasteiger partial charge in [0.15, 0.2) is 0 Å². The van der Waals surface area contributed by atoms with E-state index in [0.717, 1.165) is 6.54 Å². The van der Waals surface area contributed by atoms with E-state index in [2.05, 4.69) is 31.6 Å². The fraction of sp³-hybridized carbons (Fsp3) is 1.00. The summed E-state index contributed by atoms with van der Waals surface area (Å²) < 4.78 is 0. The Bertz CT molecular complexity index is 75.9. The van der Waals surface area contributed by atoms with Crippen molar-refractivity contribution in [1.29, 1.82) is 0 Å². The molecule has 0 saturated heterocycles. The minimum Gasteiger partial charge on any atom is -0.258 e. The predicted molar refractivity (Wildman–Crippen MR) is 55.0 cm³/mol. The topological polar surface area (TPSA) is 24.1 Å². The monoisotopic (exact) mass is 172 g/mol. The molecule has 1 atom stereocenters. The molecule has 0 aromatic carbocycles. The highest BCUT2D eigenvalue weighted by molar-refractivity contribution is 4.62. The molecule has 0 heterocycles. The first-order chi connectivity index (χ1) is 5.85. The summed E-state index contributed by atoms with van der Waals surface area (Å²) in [6.07, 6.45) is 6.49. The predicted octanol–water partition coefficient (Wildman–Crippen LogP) is 2.46. The molecule has 0 aromatic heterocycles. The molecule has 2 heteroatoms. The fourth-order valence-corrected chi connectivity index (χ4v) is 1.33. The van der Waals surface area contributed by atoms with E-state index in [-0.39, 0.29) is 0 Å². The summed E-state index contributed by atoms with van der Waals surface area (Å²) in [7, 11) is 0. The summed E-state index contributed by atoms with van der Waals surface area (Å²) in [5.74, 6) is 0. The molecule has 74 valence electrons. The second-order valence-electron chi connectivity index (χ2n) is 3.30. The van der Waals surface area contributed by atoms with E-state index in [1.54, 1.807) is 0 Å². The lowest BCUT2D eigenvalue weighted by atomic mass is 10.1. The minimum absolute atomic E-state index is 0.676. The zero-order valence-corrected chi connectivity index (χ0v) is 8.82. The van der Waals surface area contributed by atoms with Crippen molar-refractivity contribution in [3.05, 3.63) is 0 Å². The van der Waals surface area contributed by atoms with Crippen LogP contribution in [0, 0.1) is 0 Å². The number of hydrazine groups is 1. The van der Waals surface area contributed by atoms with Crippen LogP contribution in [0.25, 0.3) is 0 Å². The highest BCUT2D eigenvalue weighted by atomic mass is 15.4. The Kier molecular flexibility index (Phi) is 8.95. The summed E-state index contributed by atoms with van der Waals surface area (Å²) in [6.45, 7) is 7.62. The number of unbranched alkanes of at least 4 members (excludes halogenated alkanes) is 1. The molecule has 12 heavy (non-hydrogen) atoms. The zero-order valence-electron chi connectivity index (χ0n) is 8.82. The lowest BCUT2D eigenvalue weighted by Gasteiger charge is -2.17. The molecule has 2 N–H and O–H groups in total. The van der Waals surface area contributed by atoms with Crippen LogP contribution in [0.1, 0.15) is 52.9 Å². The second kappa shape index (κ2) is 9.01. The van der Waals surface area contributed by atoms with Gasteiger partial charge in [0.05, 0.1) is 0 Å². The van der Waals surface area contributed by atoms with Crippen LogP contribution in [0.3, 0.4) is 0 Å². The van der Waals surface area contributed by atoms with E-state index in [1.807, 2.05) is 0 Å². The number of hydrogen-bond donors (Lipinski definition) is 2. The van der Waals surface area contributed by atoms with Gasteiger partial charge in [-0.1, -0.05) is 40.0 Å². The van der Waals surface area contributed by atoms with Crippen LogP contribution in [0.4, 0.5) is 0 Å². The smallest absolute Gasteiger partial charge is 0.0212 e. The molecule has 0 aliphatic heterocycles. The summed E-state index contributed by atoms with van der Waals surface area (Å²) in [5.41, 5.74) is 6.55. The van der Waals surface area contributed by atoms with Crippen LogP contribution < -0.4 is 10.9 Å². The van der Waals surface area contributed by atoms with Crippen molar-refractivity contribution in [1.82, 2.24) is 10.9 Å². The summed E-state index contributed by atoms with van der Waals surface area (Å²) >= 11 is 0. The quantitative estimate of drug-likeness (QED) is 0.550. The van der Waals surface area contributed by atoms with E-state index in [9.17, 15) is 0 Å². The largest absolute Gasteiger partial charge is 0.258 e. The van der Waals surface area contributed by atoms with E-state index in [1.165, 1.54) is 32.1 Å². The molecule has 0 amide bonds. The summed E-state index contributed by atoms with van der Waals surface area (Å²) in [6, 6.07) is 0.676. The van der Waals surface area contributed by atoms with Crippen molar-refractivity contribution in [3.63, 3.8) is 0 Å². The normalized spacial score (nSPS) is 13.2. The molecule has 1 unspecified atom stereocenters. The highest BCUT2D eigenvalue weighted by Gasteiger charge is 2.04. The van der Waals surface area contributed by atoms with E-state index < -0.39 is 0 Å². The Morgan fingerprint density at radius 2 is 1.75 bits per heavy atom. The molecule has 0 fully saturated rings. The molecule has 0 aliphatic carbocycles. The maximum absolute atomic E-state index is 3.36. The first-order valence-corrected chi connectivity index (χ1v) is 5.33. The third kappa shape index (κ3) is 6.62. The Morgan fingerprint density at radius 1 is 1.00 bits per heavy atom. The average molecular weight is 172 g/mol. The standard InChI is InChI=1S/C10H24N2/c1-4-7-9-10(8-5-2)12-11-6-3/h10-12H,4-9H2,1-3H3. The lowest BCUT2D eigenvalue weighted by Crippen LogP contribution is -2.40. The third-order valence-corrected chi connectivity index (χ3v) is 2.03. The Labute approximate surface area is 77.1 Å². The molecule has 0 bridgehead atoms. The first kappa shape index (κ1) is 11.9. The van der Waals surface area contributed by atoms with Gasteiger partial charge in [-0.3, -0.25) is 10.9 Å². The van der Waals surface area contributed by atoms with Gasteiger partial charge in [0.25, 0.3) is 0 Å². The van der Waals surface area contributed by atoms with E-state index in [4.69, 9.17) is 0 Å². The van der Waals surface area contributed by atoms with Crippen LogP contribution in [0.15, 0.2) is 0 Å². The molecule has 0 aliphatic rings. The SMILES string of the molecule is CCCCC(CCC)NNCC. The van der Waals surface area contributed by atoms with Crippen molar-refractivity contribution in [2.24, 2.45) is 0 Å². The summed E-state index contributed by atoms with van der Waals surface area (Å²) in [4.78, 5) is 0. The molecule has 2 nitrogen and oxygen atoms in total. The van der Waals surface area contributed by atoms with Crippen LogP contribution in [0.5, 0.6) is 0 Å². The number of rotatable bonds is 8. The lowest BCUT2D eigenvalue weighted by molar-refractivity contribution is 0.384.